The quantitative estimate of drug-likeness (QED) is 0.567. The maximum Gasteiger partial charge on any atom is 0.242 e. The van der Waals surface area contributed by atoms with E-state index in [1.54, 1.807) is 12.1 Å². The Hall–Kier alpha value is -2.44. The molecule has 0 aromatic heterocycles. The molecular weight excluding hydrogens is 276 g/mol. The number of fused-ring (bicyclic) bond motifs is 1. The molecule has 2 aromatic carbocycles. The smallest absolute Gasteiger partial charge is 0.242 e. The molecule has 0 aliphatic carbocycles. The predicted molar refractivity (Wildman–Crippen MR) is 72.1 cm³/mol. The lowest BCUT2D eigenvalue weighted by molar-refractivity contribution is -0.188. The van der Waals surface area contributed by atoms with Crippen molar-refractivity contribution in [2.45, 2.75) is 18.3 Å². The second kappa shape index (κ2) is 4.54. The summed E-state index contributed by atoms with van der Waals surface area (Å²) in [6, 6.07) is 8.37. The van der Waals surface area contributed by atoms with Gasteiger partial charge in [0.2, 0.25) is 5.79 Å². The summed E-state index contributed by atoms with van der Waals surface area (Å²) < 4.78 is 5.33. The lowest BCUT2D eigenvalue weighted by atomic mass is 9.96. The van der Waals surface area contributed by atoms with Crippen molar-refractivity contribution >= 4 is 0 Å². The molecule has 0 amide bonds. The third kappa shape index (κ3) is 2.24. The second-order valence-corrected chi connectivity index (χ2v) is 5.07. The summed E-state index contributed by atoms with van der Waals surface area (Å²) in [6.45, 7) is 0. The standard InChI is InChI=1S/C15H14O6/c16-9-3-1-8(2-4-9)7-15(20)14(19)13-11(18)5-10(17)6-12(13)21-15/h1-6,14,16-20H,7H2. The highest BCUT2D eigenvalue weighted by atomic mass is 16.6. The topological polar surface area (TPSA) is 110 Å². The molecule has 6 nitrogen and oxygen atoms in total. The summed E-state index contributed by atoms with van der Waals surface area (Å²) in [5, 5.41) is 49.1. The van der Waals surface area contributed by atoms with Crippen LogP contribution in [0.1, 0.15) is 17.2 Å². The average Bonchev–Trinajstić information content (AvgIpc) is 2.64. The van der Waals surface area contributed by atoms with Crippen LogP contribution in [0.25, 0.3) is 0 Å². The highest BCUT2D eigenvalue weighted by Gasteiger charge is 2.48. The average molecular weight is 290 g/mol. The van der Waals surface area contributed by atoms with Crippen LogP contribution in [0, 0.1) is 0 Å². The molecule has 110 valence electrons. The van der Waals surface area contributed by atoms with Gasteiger partial charge in [-0.3, -0.25) is 0 Å². The van der Waals surface area contributed by atoms with E-state index >= 15 is 0 Å². The lowest BCUT2D eigenvalue weighted by Gasteiger charge is -2.26. The van der Waals surface area contributed by atoms with E-state index in [-0.39, 0.29) is 35.0 Å². The fourth-order valence-corrected chi connectivity index (χ4v) is 2.47. The van der Waals surface area contributed by atoms with Gasteiger partial charge in [-0.15, -0.1) is 0 Å². The van der Waals surface area contributed by atoms with Gasteiger partial charge in [-0.2, -0.15) is 0 Å². The predicted octanol–water partition coefficient (Wildman–Crippen LogP) is 1.16. The Labute approximate surface area is 120 Å². The van der Waals surface area contributed by atoms with Gasteiger partial charge in [-0.25, -0.2) is 0 Å². The molecule has 0 spiro atoms. The van der Waals surface area contributed by atoms with Crippen LogP contribution in [0.4, 0.5) is 0 Å². The van der Waals surface area contributed by atoms with E-state index in [0.29, 0.717) is 5.56 Å². The maximum atomic E-state index is 10.5. The number of hydrogen-bond acceptors (Lipinski definition) is 6. The minimum Gasteiger partial charge on any atom is -0.508 e. The molecule has 2 unspecified atom stereocenters. The van der Waals surface area contributed by atoms with Crippen molar-refractivity contribution in [3.63, 3.8) is 0 Å². The van der Waals surface area contributed by atoms with Gasteiger partial charge in [0, 0.05) is 18.6 Å². The van der Waals surface area contributed by atoms with Crippen molar-refractivity contribution in [1.29, 1.82) is 0 Å². The van der Waals surface area contributed by atoms with E-state index < -0.39 is 11.9 Å². The molecule has 6 heteroatoms. The summed E-state index contributed by atoms with van der Waals surface area (Å²) in [4.78, 5) is 0. The van der Waals surface area contributed by atoms with Gasteiger partial charge in [-0.05, 0) is 17.7 Å². The molecule has 2 atom stereocenters. The Bertz CT molecular complexity index is 681. The summed E-state index contributed by atoms with van der Waals surface area (Å²) >= 11 is 0. The number of aliphatic hydroxyl groups is 2. The van der Waals surface area contributed by atoms with Gasteiger partial charge in [0.25, 0.3) is 0 Å². The molecule has 2 aromatic rings. The molecule has 0 radical (unpaired) electrons. The van der Waals surface area contributed by atoms with Gasteiger partial charge in [0.1, 0.15) is 23.0 Å². The van der Waals surface area contributed by atoms with E-state index in [1.807, 2.05) is 0 Å². The van der Waals surface area contributed by atoms with E-state index in [0.717, 1.165) is 6.07 Å². The summed E-state index contributed by atoms with van der Waals surface area (Å²) in [7, 11) is 0. The highest BCUT2D eigenvalue weighted by molar-refractivity contribution is 5.54. The van der Waals surface area contributed by atoms with Crippen molar-refractivity contribution in [2.75, 3.05) is 0 Å². The Balaban J connectivity index is 1.93. The van der Waals surface area contributed by atoms with Crippen LogP contribution in [0.5, 0.6) is 23.0 Å². The zero-order valence-corrected chi connectivity index (χ0v) is 10.9. The molecule has 1 aliphatic rings. The second-order valence-electron chi connectivity index (χ2n) is 5.07. The van der Waals surface area contributed by atoms with E-state index in [1.165, 1.54) is 18.2 Å². The number of benzene rings is 2. The van der Waals surface area contributed by atoms with Crippen molar-refractivity contribution < 1.29 is 30.3 Å². The summed E-state index contributed by atoms with van der Waals surface area (Å²) in [5.74, 6) is -2.41. The van der Waals surface area contributed by atoms with Crippen LogP contribution in [-0.2, 0) is 6.42 Å². The number of ether oxygens (including phenoxy) is 1. The Morgan fingerprint density at radius 1 is 1.00 bits per heavy atom. The van der Waals surface area contributed by atoms with Crippen molar-refractivity contribution in [3.8, 4) is 23.0 Å². The van der Waals surface area contributed by atoms with Crippen LogP contribution in [0.15, 0.2) is 36.4 Å². The van der Waals surface area contributed by atoms with Crippen LogP contribution < -0.4 is 4.74 Å². The molecule has 0 saturated carbocycles. The summed E-state index contributed by atoms with van der Waals surface area (Å²) in [5.41, 5.74) is 0.667. The van der Waals surface area contributed by atoms with Gasteiger partial charge in [0.15, 0.2) is 6.10 Å². The van der Waals surface area contributed by atoms with Crippen LogP contribution in [0.2, 0.25) is 0 Å². The van der Waals surface area contributed by atoms with E-state index in [4.69, 9.17) is 4.74 Å². The Morgan fingerprint density at radius 2 is 1.67 bits per heavy atom. The first-order valence-corrected chi connectivity index (χ1v) is 6.32. The third-order valence-electron chi connectivity index (χ3n) is 3.49. The van der Waals surface area contributed by atoms with Crippen molar-refractivity contribution in [3.05, 3.63) is 47.5 Å². The zero-order chi connectivity index (χ0) is 15.2. The Morgan fingerprint density at radius 3 is 2.33 bits per heavy atom. The number of aliphatic hydroxyl groups excluding tert-OH is 1. The van der Waals surface area contributed by atoms with Gasteiger partial charge >= 0.3 is 0 Å². The first-order valence-electron chi connectivity index (χ1n) is 6.32. The molecule has 0 bridgehead atoms. The van der Waals surface area contributed by atoms with Crippen molar-refractivity contribution in [1.82, 2.24) is 0 Å². The number of rotatable bonds is 2. The molecule has 1 heterocycles. The number of aromatic hydroxyl groups is 3. The first kappa shape index (κ1) is 13.5. The van der Waals surface area contributed by atoms with E-state index in [9.17, 15) is 25.5 Å². The molecule has 21 heavy (non-hydrogen) atoms. The molecule has 3 rings (SSSR count). The summed E-state index contributed by atoms with van der Waals surface area (Å²) in [6.07, 6.45) is -1.51. The number of hydrogen-bond donors (Lipinski definition) is 5. The molecule has 0 saturated heterocycles. The van der Waals surface area contributed by atoms with Gasteiger partial charge in [-0.1, -0.05) is 12.1 Å². The fourth-order valence-electron chi connectivity index (χ4n) is 2.47. The van der Waals surface area contributed by atoms with Gasteiger partial charge in [0.05, 0.1) is 5.56 Å². The minimum atomic E-state index is -1.95. The molecule has 5 N–H and O–H groups in total. The molecule has 0 fully saturated rings. The molecular formula is C15H14O6. The van der Waals surface area contributed by atoms with Crippen LogP contribution in [0.3, 0.4) is 0 Å². The van der Waals surface area contributed by atoms with Crippen LogP contribution in [-0.4, -0.2) is 31.3 Å². The number of phenols is 3. The SMILES string of the molecule is Oc1ccc(CC2(O)Oc3cc(O)cc(O)c3C2O)cc1. The number of phenolic OH excluding ortho intramolecular Hbond substituents is 3. The van der Waals surface area contributed by atoms with Gasteiger partial charge < -0.3 is 30.3 Å². The minimum absolute atomic E-state index is 0.0290. The Kier molecular flexibility index (Phi) is 2.93. The van der Waals surface area contributed by atoms with E-state index in [2.05, 4.69) is 0 Å². The largest absolute Gasteiger partial charge is 0.508 e. The third-order valence-corrected chi connectivity index (χ3v) is 3.49. The van der Waals surface area contributed by atoms with Crippen LogP contribution >= 0.6 is 0 Å². The fraction of sp³-hybridized carbons (Fsp3) is 0.200. The first-order chi connectivity index (χ1) is 9.89. The zero-order valence-electron chi connectivity index (χ0n) is 10.9. The normalized spacial score (nSPS) is 23.6. The highest BCUT2D eigenvalue weighted by Crippen LogP contribution is 2.49. The lowest BCUT2D eigenvalue weighted by Crippen LogP contribution is -2.40. The molecule has 1 aliphatic heterocycles. The van der Waals surface area contributed by atoms with Crippen molar-refractivity contribution in [2.24, 2.45) is 0 Å². The monoisotopic (exact) mass is 290 g/mol. The maximum absolute atomic E-state index is 10.5.